The van der Waals surface area contributed by atoms with E-state index in [9.17, 15) is 14.7 Å². The third-order valence-corrected chi connectivity index (χ3v) is 4.72. The van der Waals surface area contributed by atoms with Crippen LogP contribution in [-0.2, 0) is 15.2 Å². The third kappa shape index (κ3) is 3.10. The predicted molar refractivity (Wildman–Crippen MR) is 99.4 cm³/mol. The van der Waals surface area contributed by atoms with Crippen LogP contribution in [0.25, 0.3) is 0 Å². The Hall–Kier alpha value is -2.66. The maximum atomic E-state index is 12.9. The van der Waals surface area contributed by atoms with E-state index in [0.29, 0.717) is 24.4 Å². The van der Waals surface area contributed by atoms with Crippen LogP contribution in [-0.4, -0.2) is 29.9 Å². The van der Waals surface area contributed by atoms with Crippen molar-refractivity contribution in [2.75, 3.05) is 18.1 Å². The number of para-hydroxylation sites is 2. The van der Waals surface area contributed by atoms with Crippen LogP contribution in [0.15, 0.2) is 42.5 Å². The van der Waals surface area contributed by atoms with Gasteiger partial charge in [0.2, 0.25) is 0 Å². The molecule has 2 aromatic carbocycles. The van der Waals surface area contributed by atoms with Crippen LogP contribution >= 0.6 is 0 Å². The summed E-state index contributed by atoms with van der Waals surface area (Å²) in [5, 5.41) is 11.0. The van der Waals surface area contributed by atoms with E-state index < -0.39 is 11.5 Å². The molecule has 0 spiro atoms. The van der Waals surface area contributed by atoms with Crippen molar-refractivity contribution in [3.05, 3.63) is 59.2 Å². The van der Waals surface area contributed by atoms with E-state index in [1.807, 2.05) is 44.2 Å². The summed E-state index contributed by atoms with van der Waals surface area (Å²) in [6, 6.07) is 13.1. The van der Waals surface area contributed by atoms with Gasteiger partial charge in [-0.15, -0.1) is 0 Å². The third-order valence-electron chi connectivity index (χ3n) is 4.72. The van der Waals surface area contributed by atoms with E-state index in [1.54, 1.807) is 12.1 Å². The molecule has 26 heavy (non-hydrogen) atoms. The van der Waals surface area contributed by atoms with Crippen molar-refractivity contribution in [3.63, 3.8) is 0 Å². The van der Waals surface area contributed by atoms with E-state index in [0.717, 1.165) is 16.9 Å². The normalized spacial score (nSPS) is 18.8. The van der Waals surface area contributed by atoms with Crippen molar-refractivity contribution < 1.29 is 19.4 Å². The summed E-state index contributed by atoms with van der Waals surface area (Å²) in [7, 11) is 0. The van der Waals surface area contributed by atoms with Gasteiger partial charge in [0.25, 0.3) is 5.91 Å². The molecule has 136 valence electrons. The molecule has 3 rings (SSSR count). The van der Waals surface area contributed by atoms with Gasteiger partial charge in [0, 0.05) is 12.0 Å². The van der Waals surface area contributed by atoms with Crippen molar-refractivity contribution in [3.8, 4) is 5.75 Å². The van der Waals surface area contributed by atoms with E-state index in [4.69, 9.17) is 4.74 Å². The number of anilines is 1. The fourth-order valence-electron chi connectivity index (χ4n) is 3.50. The zero-order chi connectivity index (χ0) is 18.9. The summed E-state index contributed by atoms with van der Waals surface area (Å²) in [4.78, 5) is 26.1. The van der Waals surface area contributed by atoms with Gasteiger partial charge in [0.1, 0.15) is 18.1 Å². The largest absolute Gasteiger partial charge is 0.491 e. The summed E-state index contributed by atoms with van der Waals surface area (Å²) in [6.07, 6.45) is -0.225. The molecule has 0 saturated heterocycles. The number of benzene rings is 2. The Labute approximate surface area is 153 Å². The van der Waals surface area contributed by atoms with Gasteiger partial charge in [-0.25, -0.2) is 0 Å². The molecule has 1 aliphatic rings. The molecule has 1 amide bonds. The maximum absolute atomic E-state index is 12.9. The average Bonchev–Trinajstić information content (AvgIpc) is 2.79. The minimum Gasteiger partial charge on any atom is -0.491 e. The van der Waals surface area contributed by atoms with E-state index >= 15 is 0 Å². The van der Waals surface area contributed by atoms with Crippen LogP contribution in [0.1, 0.15) is 30.0 Å². The van der Waals surface area contributed by atoms with Crippen molar-refractivity contribution in [2.24, 2.45) is 0 Å². The van der Waals surface area contributed by atoms with Gasteiger partial charge in [0.05, 0.1) is 12.2 Å². The zero-order valence-electron chi connectivity index (χ0n) is 15.3. The molecule has 0 fully saturated rings. The first-order chi connectivity index (χ1) is 12.3. The second-order valence-corrected chi connectivity index (χ2v) is 6.78. The summed E-state index contributed by atoms with van der Waals surface area (Å²) in [5.74, 6) is 0.0693. The van der Waals surface area contributed by atoms with Crippen LogP contribution in [0.5, 0.6) is 5.75 Å². The molecule has 1 aliphatic heterocycles. The first kappa shape index (κ1) is 18.1. The van der Waals surface area contributed by atoms with Gasteiger partial charge in [-0.3, -0.25) is 9.59 Å². The molecule has 2 aromatic rings. The molecule has 0 saturated carbocycles. The highest BCUT2D eigenvalue weighted by Gasteiger charge is 2.50. The zero-order valence-corrected chi connectivity index (χ0v) is 15.3. The number of carbonyl (C=O) groups excluding carboxylic acids is 2. The van der Waals surface area contributed by atoms with Crippen LogP contribution in [0.4, 0.5) is 5.69 Å². The highest BCUT2D eigenvalue weighted by Crippen LogP contribution is 2.44. The Bertz CT molecular complexity index is 861. The molecule has 0 aromatic heterocycles. The molecule has 5 heteroatoms. The number of ether oxygens (including phenoxy) is 1. The number of rotatable bonds is 6. The number of ketones is 1. The summed E-state index contributed by atoms with van der Waals surface area (Å²) >= 11 is 0. The maximum Gasteiger partial charge on any atom is 0.264 e. The van der Waals surface area contributed by atoms with E-state index in [2.05, 4.69) is 0 Å². The minimum atomic E-state index is -1.80. The quantitative estimate of drug-likeness (QED) is 0.867. The molecule has 0 aliphatic carbocycles. The number of carbonyl (C=O) groups is 2. The summed E-state index contributed by atoms with van der Waals surface area (Å²) in [5.41, 5.74) is 1.27. The SMILES string of the molecule is CC(=O)C[C@@]1(O)C(=O)N(CCOc2ccccc2C)c2c(C)cccc21. The van der Waals surface area contributed by atoms with Crippen molar-refractivity contribution >= 4 is 17.4 Å². The Morgan fingerprint density at radius 1 is 1.12 bits per heavy atom. The number of nitrogens with zero attached hydrogens (tertiary/aromatic N) is 1. The topological polar surface area (TPSA) is 66.8 Å². The molecule has 5 nitrogen and oxygen atoms in total. The van der Waals surface area contributed by atoms with Gasteiger partial charge in [-0.2, -0.15) is 0 Å². The second-order valence-electron chi connectivity index (χ2n) is 6.78. The summed E-state index contributed by atoms with van der Waals surface area (Å²) in [6.45, 7) is 5.82. The highest BCUT2D eigenvalue weighted by atomic mass is 16.5. The van der Waals surface area contributed by atoms with Crippen LogP contribution in [0.2, 0.25) is 0 Å². The second kappa shape index (κ2) is 6.92. The lowest BCUT2D eigenvalue weighted by Gasteiger charge is -2.22. The molecule has 0 radical (unpaired) electrons. The first-order valence-corrected chi connectivity index (χ1v) is 8.67. The van der Waals surface area contributed by atoms with Gasteiger partial charge >= 0.3 is 0 Å². The number of hydrogen-bond donors (Lipinski definition) is 1. The first-order valence-electron chi connectivity index (χ1n) is 8.67. The number of amides is 1. The van der Waals surface area contributed by atoms with Gasteiger partial charge in [0.15, 0.2) is 5.60 Å². The number of Topliss-reactive ketones (excluding diaryl/α,β-unsaturated/α-hetero) is 1. The number of aryl methyl sites for hydroxylation is 2. The van der Waals surface area contributed by atoms with Crippen LogP contribution in [0, 0.1) is 13.8 Å². The molecule has 1 heterocycles. The lowest BCUT2D eigenvalue weighted by Crippen LogP contribution is -2.43. The molecule has 0 bridgehead atoms. The Morgan fingerprint density at radius 3 is 2.50 bits per heavy atom. The number of fused-ring (bicyclic) bond motifs is 1. The Balaban J connectivity index is 1.85. The molecular formula is C21H23NO4. The number of aliphatic hydroxyl groups is 1. The smallest absolute Gasteiger partial charge is 0.264 e. The molecule has 1 N–H and O–H groups in total. The Kier molecular flexibility index (Phi) is 4.83. The molecule has 0 unspecified atom stereocenters. The highest BCUT2D eigenvalue weighted by molar-refractivity contribution is 6.09. The van der Waals surface area contributed by atoms with Crippen LogP contribution < -0.4 is 9.64 Å². The lowest BCUT2D eigenvalue weighted by molar-refractivity contribution is -0.141. The minimum absolute atomic E-state index is 0.225. The monoisotopic (exact) mass is 353 g/mol. The lowest BCUT2D eigenvalue weighted by atomic mass is 9.89. The van der Waals surface area contributed by atoms with E-state index in [1.165, 1.54) is 11.8 Å². The van der Waals surface area contributed by atoms with Crippen molar-refractivity contribution in [2.45, 2.75) is 32.8 Å². The average molecular weight is 353 g/mol. The Morgan fingerprint density at radius 2 is 1.81 bits per heavy atom. The fourth-order valence-corrected chi connectivity index (χ4v) is 3.50. The summed E-state index contributed by atoms with van der Waals surface area (Å²) < 4.78 is 5.81. The fraction of sp³-hybridized carbons (Fsp3) is 0.333. The molecule has 1 atom stereocenters. The standard InChI is InChI=1S/C21H23NO4/c1-14-7-4-5-10-18(14)26-12-11-22-19-15(2)8-6-9-17(19)21(25,20(22)24)13-16(3)23/h4-10,25H,11-13H2,1-3H3/t21-/m0/s1. The van der Waals surface area contributed by atoms with E-state index in [-0.39, 0.29) is 12.2 Å². The molecular weight excluding hydrogens is 330 g/mol. The predicted octanol–water partition coefficient (Wildman–Crippen LogP) is 2.90. The van der Waals surface area contributed by atoms with Gasteiger partial charge in [-0.1, -0.05) is 36.4 Å². The van der Waals surface area contributed by atoms with Gasteiger partial charge < -0.3 is 14.7 Å². The van der Waals surface area contributed by atoms with Crippen molar-refractivity contribution in [1.29, 1.82) is 0 Å². The van der Waals surface area contributed by atoms with Gasteiger partial charge in [-0.05, 0) is 38.0 Å². The van der Waals surface area contributed by atoms with Crippen molar-refractivity contribution in [1.82, 2.24) is 0 Å². The number of hydrogen-bond acceptors (Lipinski definition) is 4. The van der Waals surface area contributed by atoms with Crippen LogP contribution in [0.3, 0.4) is 0 Å².